The highest BCUT2D eigenvalue weighted by Gasteiger charge is 2.15. The topological polar surface area (TPSA) is 57.8 Å². The quantitative estimate of drug-likeness (QED) is 0.747. The van der Waals surface area contributed by atoms with Crippen molar-refractivity contribution in [2.45, 2.75) is 26.2 Å². The van der Waals surface area contributed by atoms with Crippen LogP contribution in [-0.2, 0) is 6.42 Å². The van der Waals surface area contributed by atoms with Crippen LogP contribution >= 0.6 is 0 Å². The second kappa shape index (κ2) is 4.57. The number of nitrogens with one attached hydrogen (secondary N) is 2. The number of hydrogen-bond donors (Lipinski definition) is 2. The minimum atomic E-state index is -0.0104. The summed E-state index contributed by atoms with van der Waals surface area (Å²) >= 11 is 0. The number of H-pyrrole nitrogens is 1. The van der Waals surface area contributed by atoms with Crippen LogP contribution in [-0.4, -0.2) is 23.1 Å². The molecule has 4 heteroatoms. The Balaban J connectivity index is 2.09. The molecule has 0 bridgehead atoms. The number of aromatic nitrogens is 2. The van der Waals surface area contributed by atoms with Crippen molar-refractivity contribution in [3.63, 3.8) is 0 Å². The molecule has 2 rings (SSSR count). The summed E-state index contributed by atoms with van der Waals surface area (Å²) in [6.07, 6.45) is 4.89. The zero-order valence-electron chi connectivity index (χ0n) is 9.05. The number of piperidine rings is 1. The van der Waals surface area contributed by atoms with Crippen molar-refractivity contribution < 1.29 is 0 Å². The SMILES string of the molecule is Cc1c(CC2CCCNC2)nc[nH]c1=O. The highest BCUT2D eigenvalue weighted by Crippen LogP contribution is 2.15. The molecule has 4 nitrogen and oxygen atoms in total. The lowest BCUT2D eigenvalue weighted by atomic mass is 9.93. The molecule has 15 heavy (non-hydrogen) atoms. The summed E-state index contributed by atoms with van der Waals surface area (Å²) in [5, 5.41) is 3.38. The second-order valence-corrected chi connectivity index (χ2v) is 4.22. The van der Waals surface area contributed by atoms with Gasteiger partial charge in [-0.3, -0.25) is 4.79 Å². The Morgan fingerprint density at radius 1 is 1.60 bits per heavy atom. The predicted molar refractivity (Wildman–Crippen MR) is 58.9 cm³/mol. The van der Waals surface area contributed by atoms with Gasteiger partial charge in [0.2, 0.25) is 0 Å². The lowest BCUT2D eigenvalue weighted by Gasteiger charge is -2.22. The maximum absolute atomic E-state index is 11.4. The van der Waals surface area contributed by atoms with Crippen LogP contribution in [0.15, 0.2) is 11.1 Å². The lowest BCUT2D eigenvalue weighted by Crippen LogP contribution is -2.31. The van der Waals surface area contributed by atoms with Crippen LogP contribution in [0.1, 0.15) is 24.1 Å². The van der Waals surface area contributed by atoms with E-state index in [9.17, 15) is 4.79 Å². The van der Waals surface area contributed by atoms with E-state index in [4.69, 9.17) is 0 Å². The Kier molecular flexibility index (Phi) is 3.16. The Morgan fingerprint density at radius 3 is 3.20 bits per heavy atom. The van der Waals surface area contributed by atoms with Crippen molar-refractivity contribution in [3.05, 3.63) is 27.9 Å². The van der Waals surface area contributed by atoms with Crippen LogP contribution < -0.4 is 10.9 Å². The maximum atomic E-state index is 11.4. The largest absolute Gasteiger partial charge is 0.316 e. The number of aromatic amines is 1. The molecule has 0 saturated carbocycles. The van der Waals surface area contributed by atoms with Crippen molar-refractivity contribution in [1.82, 2.24) is 15.3 Å². The predicted octanol–water partition coefficient (Wildman–Crippen LogP) is 0.620. The highest BCUT2D eigenvalue weighted by atomic mass is 16.1. The monoisotopic (exact) mass is 207 g/mol. The zero-order valence-corrected chi connectivity index (χ0v) is 9.05. The molecule has 1 atom stereocenters. The molecule has 82 valence electrons. The minimum Gasteiger partial charge on any atom is -0.316 e. The number of rotatable bonds is 2. The van der Waals surface area contributed by atoms with E-state index in [-0.39, 0.29) is 5.56 Å². The fourth-order valence-corrected chi connectivity index (χ4v) is 2.08. The van der Waals surface area contributed by atoms with Crippen LogP contribution in [0.5, 0.6) is 0 Å². The Bertz CT molecular complexity index is 380. The van der Waals surface area contributed by atoms with Gasteiger partial charge in [-0.2, -0.15) is 0 Å². The van der Waals surface area contributed by atoms with E-state index < -0.39 is 0 Å². The summed E-state index contributed by atoms with van der Waals surface area (Å²) < 4.78 is 0. The molecule has 2 heterocycles. The summed E-state index contributed by atoms with van der Waals surface area (Å²) in [5.41, 5.74) is 1.71. The molecule has 1 unspecified atom stereocenters. The molecule has 2 N–H and O–H groups in total. The third kappa shape index (κ3) is 2.45. The molecule has 0 aromatic carbocycles. The number of nitrogens with zero attached hydrogens (tertiary/aromatic N) is 1. The van der Waals surface area contributed by atoms with Gasteiger partial charge >= 0.3 is 0 Å². The van der Waals surface area contributed by atoms with Crippen LogP contribution in [0.4, 0.5) is 0 Å². The van der Waals surface area contributed by atoms with Crippen LogP contribution in [0, 0.1) is 12.8 Å². The van der Waals surface area contributed by atoms with E-state index >= 15 is 0 Å². The molecule has 0 amide bonds. The van der Waals surface area contributed by atoms with Gasteiger partial charge in [-0.15, -0.1) is 0 Å². The molecule has 1 fully saturated rings. The summed E-state index contributed by atoms with van der Waals surface area (Å²) in [5.74, 6) is 0.631. The van der Waals surface area contributed by atoms with Gasteiger partial charge in [0, 0.05) is 5.56 Å². The van der Waals surface area contributed by atoms with Crippen LogP contribution in [0.25, 0.3) is 0 Å². The summed E-state index contributed by atoms with van der Waals surface area (Å²) in [7, 11) is 0. The van der Waals surface area contributed by atoms with Gasteiger partial charge in [0.05, 0.1) is 12.0 Å². The zero-order chi connectivity index (χ0) is 10.7. The van der Waals surface area contributed by atoms with Crippen molar-refractivity contribution in [2.75, 3.05) is 13.1 Å². The Labute approximate surface area is 89.1 Å². The smallest absolute Gasteiger partial charge is 0.253 e. The van der Waals surface area contributed by atoms with E-state index in [2.05, 4.69) is 15.3 Å². The molecule has 1 saturated heterocycles. The molecule has 1 aliphatic heterocycles. The van der Waals surface area contributed by atoms with E-state index in [1.807, 2.05) is 6.92 Å². The number of hydrogen-bond acceptors (Lipinski definition) is 3. The van der Waals surface area contributed by atoms with E-state index in [0.29, 0.717) is 5.92 Å². The molecule has 0 spiro atoms. The molecular weight excluding hydrogens is 190 g/mol. The van der Waals surface area contributed by atoms with Gasteiger partial charge < -0.3 is 10.3 Å². The van der Waals surface area contributed by atoms with Crippen molar-refractivity contribution in [1.29, 1.82) is 0 Å². The third-order valence-electron chi connectivity index (χ3n) is 3.07. The molecule has 1 aromatic rings. The van der Waals surface area contributed by atoms with Gasteiger partial charge in [-0.1, -0.05) is 0 Å². The van der Waals surface area contributed by atoms with Gasteiger partial charge in [-0.05, 0) is 45.2 Å². The van der Waals surface area contributed by atoms with E-state index in [1.165, 1.54) is 19.2 Å². The van der Waals surface area contributed by atoms with Crippen LogP contribution in [0.2, 0.25) is 0 Å². The summed E-state index contributed by atoms with van der Waals surface area (Å²) in [6, 6.07) is 0. The van der Waals surface area contributed by atoms with E-state index in [0.717, 1.165) is 30.8 Å². The third-order valence-corrected chi connectivity index (χ3v) is 3.07. The fourth-order valence-electron chi connectivity index (χ4n) is 2.08. The van der Waals surface area contributed by atoms with Crippen LogP contribution in [0.3, 0.4) is 0 Å². The Morgan fingerprint density at radius 2 is 2.47 bits per heavy atom. The Hall–Kier alpha value is -1.16. The normalized spacial score (nSPS) is 21.5. The highest BCUT2D eigenvalue weighted by molar-refractivity contribution is 5.14. The second-order valence-electron chi connectivity index (χ2n) is 4.22. The minimum absolute atomic E-state index is 0.0104. The molecule has 0 aliphatic carbocycles. The first-order valence-electron chi connectivity index (χ1n) is 5.51. The van der Waals surface area contributed by atoms with Gasteiger partial charge in [0.15, 0.2) is 0 Å². The molecular formula is C11H17N3O. The molecule has 1 aliphatic rings. The van der Waals surface area contributed by atoms with Gasteiger partial charge in [-0.25, -0.2) is 4.98 Å². The van der Waals surface area contributed by atoms with Gasteiger partial charge in [0.1, 0.15) is 0 Å². The average Bonchev–Trinajstić information content (AvgIpc) is 2.26. The van der Waals surface area contributed by atoms with Gasteiger partial charge in [0.25, 0.3) is 5.56 Å². The average molecular weight is 207 g/mol. The molecule has 0 radical (unpaired) electrons. The maximum Gasteiger partial charge on any atom is 0.253 e. The summed E-state index contributed by atoms with van der Waals surface area (Å²) in [4.78, 5) is 18.2. The summed E-state index contributed by atoms with van der Waals surface area (Å²) in [6.45, 7) is 4.02. The van der Waals surface area contributed by atoms with Crippen molar-refractivity contribution in [3.8, 4) is 0 Å². The first kappa shape index (κ1) is 10.4. The standard InChI is InChI=1S/C11H17N3O/c1-8-10(13-7-14-11(8)15)5-9-3-2-4-12-6-9/h7,9,12H,2-6H2,1H3,(H,13,14,15). The molecule has 1 aromatic heterocycles. The fraction of sp³-hybridized carbons (Fsp3) is 0.636. The lowest BCUT2D eigenvalue weighted by molar-refractivity contribution is 0.373. The van der Waals surface area contributed by atoms with E-state index in [1.54, 1.807) is 0 Å². The van der Waals surface area contributed by atoms with Crippen molar-refractivity contribution >= 4 is 0 Å². The van der Waals surface area contributed by atoms with Crippen molar-refractivity contribution in [2.24, 2.45) is 5.92 Å². The first-order valence-corrected chi connectivity index (χ1v) is 5.51. The first-order chi connectivity index (χ1) is 7.27.